The standard InChI is InChI=1S/C10H10N2O5S2/c1-12(4-7-5-18-6-11-7)19(15,16)9-3-2-8(17-9)10(13)14/h2-3,5-6H,4H2,1H3,(H,13,14). The first-order valence-corrected chi connectivity index (χ1v) is 7.46. The fourth-order valence-electron chi connectivity index (χ4n) is 1.36. The highest BCUT2D eigenvalue weighted by atomic mass is 32.2. The third-order valence-electron chi connectivity index (χ3n) is 2.32. The van der Waals surface area contributed by atoms with E-state index in [4.69, 9.17) is 9.52 Å². The summed E-state index contributed by atoms with van der Waals surface area (Å²) in [7, 11) is -2.49. The van der Waals surface area contributed by atoms with E-state index in [0.29, 0.717) is 5.69 Å². The van der Waals surface area contributed by atoms with E-state index in [9.17, 15) is 13.2 Å². The number of carbonyl (C=O) groups is 1. The Labute approximate surface area is 113 Å². The average Bonchev–Trinajstić information content (AvgIpc) is 2.99. The molecule has 19 heavy (non-hydrogen) atoms. The van der Waals surface area contributed by atoms with E-state index in [-0.39, 0.29) is 6.54 Å². The number of carboxylic acid groups (broad SMARTS) is 1. The fourth-order valence-corrected chi connectivity index (χ4v) is 2.95. The van der Waals surface area contributed by atoms with Gasteiger partial charge >= 0.3 is 5.97 Å². The van der Waals surface area contributed by atoms with Gasteiger partial charge in [0.15, 0.2) is 0 Å². The summed E-state index contributed by atoms with van der Waals surface area (Å²) in [4.78, 5) is 14.6. The molecule has 0 aliphatic carbocycles. The van der Waals surface area contributed by atoms with Gasteiger partial charge in [0.25, 0.3) is 10.0 Å². The Morgan fingerprint density at radius 1 is 1.53 bits per heavy atom. The Morgan fingerprint density at radius 2 is 2.26 bits per heavy atom. The number of aromatic nitrogens is 1. The van der Waals surface area contributed by atoms with Crippen LogP contribution in [0, 0.1) is 0 Å². The summed E-state index contributed by atoms with van der Waals surface area (Å²) in [6, 6.07) is 2.22. The zero-order chi connectivity index (χ0) is 14.0. The van der Waals surface area contributed by atoms with Crippen LogP contribution in [0.5, 0.6) is 0 Å². The van der Waals surface area contributed by atoms with Gasteiger partial charge in [-0.2, -0.15) is 4.31 Å². The number of rotatable bonds is 5. The van der Waals surface area contributed by atoms with Crippen LogP contribution >= 0.6 is 11.3 Å². The van der Waals surface area contributed by atoms with Gasteiger partial charge in [0.1, 0.15) is 0 Å². The summed E-state index contributed by atoms with van der Waals surface area (Å²) in [5.74, 6) is -1.73. The van der Waals surface area contributed by atoms with Crippen LogP contribution in [0.2, 0.25) is 0 Å². The van der Waals surface area contributed by atoms with Crippen LogP contribution in [0.15, 0.2) is 32.5 Å². The van der Waals surface area contributed by atoms with Crippen molar-refractivity contribution in [2.75, 3.05) is 7.05 Å². The van der Waals surface area contributed by atoms with Gasteiger partial charge in [-0.1, -0.05) is 0 Å². The lowest BCUT2D eigenvalue weighted by Crippen LogP contribution is -2.26. The molecular weight excluding hydrogens is 292 g/mol. The quantitative estimate of drug-likeness (QED) is 0.892. The molecule has 0 saturated carbocycles. The first-order chi connectivity index (χ1) is 8.91. The first kappa shape index (κ1) is 13.7. The molecule has 7 nitrogen and oxygen atoms in total. The van der Waals surface area contributed by atoms with Crippen LogP contribution in [0.1, 0.15) is 16.2 Å². The Morgan fingerprint density at radius 3 is 2.79 bits per heavy atom. The molecule has 0 unspecified atom stereocenters. The van der Waals surface area contributed by atoms with E-state index in [1.807, 2.05) is 0 Å². The molecule has 0 amide bonds. The van der Waals surface area contributed by atoms with Crippen LogP contribution in [-0.4, -0.2) is 35.8 Å². The van der Waals surface area contributed by atoms with Crippen molar-refractivity contribution >= 4 is 27.3 Å². The summed E-state index contributed by atoms with van der Waals surface area (Å²) >= 11 is 1.36. The maximum absolute atomic E-state index is 12.1. The smallest absolute Gasteiger partial charge is 0.371 e. The van der Waals surface area contributed by atoms with Crippen molar-refractivity contribution in [1.29, 1.82) is 0 Å². The number of furan rings is 1. The Bertz CT molecular complexity index is 675. The van der Waals surface area contributed by atoms with Crippen LogP contribution < -0.4 is 0 Å². The van der Waals surface area contributed by atoms with Crippen molar-refractivity contribution < 1.29 is 22.7 Å². The van der Waals surface area contributed by atoms with E-state index in [1.54, 1.807) is 10.9 Å². The molecule has 9 heteroatoms. The molecule has 1 N–H and O–H groups in total. The van der Waals surface area contributed by atoms with Crippen molar-refractivity contribution in [3.05, 3.63) is 34.5 Å². The molecule has 0 radical (unpaired) electrons. The molecule has 0 spiro atoms. The van der Waals surface area contributed by atoms with Gasteiger partial charge in [0.2, 0.25) is 10.9 Å². The first-order valence-electron chi connectivity index (χ1n) is 5.08. The SMILES string of the molecule is CN(Cc1cscn1)S(=O)(=O)c1ccc(C(=O)O)o1. The normalized spacial score (nSPS) is 11.9. The molecule has 0 saturated heterocycles. The second-order valence-electron chi connectivity index (χ2n) is 3.66. The molecule has 2 aromatic heterocycles. The molecule has 0 aromatic carbocycles. The van der Waals surface area contributed by atoms with Gasteiger partial charge < -0.3 is 9.52 Å². The molecular formula is C10H10N2O5S2. The highest BCUT2D eigenvalue weighted by Crippen LogP contribution is 2.19. The van der Waals surface area contributed by atoms with E-state index in [2.05, 4.69) is 4.98 Å². The summed E-state index contributed by atoms with van der Waals surface area (Å²) in [5.41, 5.74) is 2.21. The van der Waals surface area contributed by atoms with Gasteiger partial charge in [-0.25, -0.2) is 18.2 Å². The minimum Gasteiger partial charge on any atom is -0.475 e. The van der Waals surface area contributed by atoms with E-state index >= 15 is 0 Å². The maximum atomic E-state index is 12.1. The lowest BCUT2D eigenvalue weighted by atomic mass is 10.5. The number of sulfonamides is 1. The van der Waals surface area contributed by atoms with Gasteiger partial charge in [0.05, 0.1) is 17.7 Å². The molecule has 102 valence electrons. The third-order valence-corrected chi connectivity index (χ3v) is 4.64. The fraction of sp³-hybridized carbons (Fsp3) is 0.200. The van der Waals surface area contributed by atoms with Gasteiger partial charge in [0, 0.05) is 12.4 Å². The maximum Gasteiger partial charge on any atom is 0.371 e. The number of hydrogen-bond acceptors (Lipinski definition) is 6. The number of hydrogen-bond donors (Lipinski definition) is 1. The highest BCUT2D eigenvalue weighted by molar-refractivity contribution is 7.88. The molecule has 2 rings (SSSR count). The molecule has 0 bridgehead atoms. The van der Waals surface area contributed by atoms with E-state index < -0.39 is 26.8 Å². The van der Waals surface area contributed by atoms with Gasteiger partial charge in [-0.15, -0.1) is 11.3 Å². The van der Waals surface area contributed by atoms with Crippen molar-refractivity contribution in [1.82, 2.24) is 9.29 Å². The summed E-state index contributed by atoms with van der Waals surface area (Å²) in [6.07, 6.45) is 0. The number of nitrogens with zero attached hydrogens (tertiary/aromatic N) is 2. The van der Waals surface area contributed by atoms with Crippen LogP contribution in [0.4, 0.5) is 0 Å². The van der Waals surface area contributed by atoms with E-state index in [0.717, 1.165) is 16.4 Å². The monoisotopic (exact) mass is 302 g/mol. The van der Waals surface area contributed by atoms with Crippen LogP contribution in [-0.2, 0) is 16.6 Å². The summed E-state index contributed by atoms with van der Waals surface area (Å²) in [5, 5.41) is 10.0. The largest absolute Gasteiger partial charge is 0.475 e. The Hall–Kier alpha value is -1.71. The molecule has 2 heterocycles. The predicted octanol–water partition coefficient (Wildman–Crippen LogP) is 1.26. The number of thiazole rings is 1. The minimum absolute atomic E-state index is 0.0922. The van der Waals surface area contributed by atoms with Crippen molar-refractivity contribution in [3.8, 4) is 0 Å². The van der Waals surface area contributed by atoms with Crippen molar-refractivity contribution in [2.45, 2.75) is 11.6 Å². The molecule has 0 atom stereocenters. The minimum atomic E-state index is -3.86. The summed E-state index contributed by atoms with van der Waals surface area (Å²) in [6.45, 7) is 0.0922. The van der Waals surface area contributed by atoms with Crippen LogP contribution in [0.25, 0.3) is 0 Å². The third kappa shape index (κ3) is 2.83. The molecule has 0 aliphatic heterocycles. The molecule has 2 aromatic rings. The zero-order valence-electron chi connectivity index (χ0n) is 9.81. The zero-order valence-corrected chi connectivity index (χ0v) is 11.4. The molecule has 0 fully saturated rings. The van der Waals surface area contributed by atoms with Gasteiger partial charge in [-0.05, 0) is 12.1 Å². The van der Waals surface area contributed by atoms with Crippen LogP contribution in [0.3, 0.4) is 0 Å². The lowest BCUT2D eigenvalue weighted by molar-refractivity contribution is 0.0656. The second-order valence-corrected chi connectivity index (χ2v) is 6.36. The molecule has 0 aliphatic rings. The number of aromatic carboxylic acids is 1. The summed E-state index contributed by atoms with van der Waals surface area (Å²) < 4.78 is 30.1. The van der Waals surface area contributed by atoms with Gasteiger partial charge in [-0.3, -0.25) is 0 Å². The predicted molar refractivity (Wildman–Crippen MR) is 66.4 cm³/mol. The average molecular weight is 302 g/mol. The number of carboxylic acids is 1. The van der Waals surface area contributed by atoms with Crippen molar-refractivity contribution in [2.24, 2.45) is 0 Å². The topological polar surface area (TPSA) is 101 Å². The highest BCUT2D eigenvalue weighted by Gasteiger charge is 2.26. The Balaban J connectivity index is 2.23. The second kappa shape index (κ2) is 5.11. The lowest BCUT2D eigenvalue weighted by Gasteiger charge is -2.13. The Kier molecular flexibility index (Phi) is 3.69. The van der Waals surface area contributed by atoms with Crippen molar-refractivity contribution in [3.63, 3.8) is 0 Å². The van der Waals surface area contributed by atoms with E-state index in [1.165, 1.54) is 18.4 Å².